The van der Waals surface area contributed by atoms with Crippen molar-refractivity contribution in [2.75, 3.05) is 6.61 Å². The average Bonchev–Trinajstić information content (AvgIpc) is 2.80. The van der Waals surface area contributed by atoms with Gasteiger partial charge in [-0.15, -0.1) is 0 Å². The summed E-state index contributed by atoms with van der Waals surface area (Å²) in [5.74, 6) is -0.759. The van der Waals surface area contributed by atoms with Gasteiger partial charge in [-0.2, -0.15) is 0 Å². The lowest BCUT2D eigenvalue weighted by Gasteiger charge is -2.24. The number of carbonyl (C=O) groups excluding carboxylic acids is 2. The lowest BCUT2D eigenvalue weighted by Crippen LogP contribution is -2.28. The van der Waals surface area contributed by atoms with Crippen LogP contribution in [0.15, 0.2) is 34.9 Å². The Morgan fingerprint density at radius 1 is 1.47 bits per heavy atom. The number of ketones is 1. The summed E-state index contributed by atoms with van der Waals surface area (Å²) in [7, 11) is 0. The normalized spacial score (nSPS) is 33.9. The number of ether oxygens (including phenoxy) is 1. The second-order valence-corrected chi connectivity index (χ2v) is 5.45. The van der Waals surface area contributed by atoms with Gasteiger partial charge in [0.15, 0.2) is 5.78 Å². The van der Waals surface area contributed by atoms with E-state index in [9.17, 15) is 14.7 Å². The van der Waals surface area contributed by atoms with E-state index >= 15 is 0 Å². The van der Waals surface area contributed by atoms with Crippen molar-refractivity contribution in [1.82, 2.24) is 0 Å². The van der Waals surface area contributed by atoms with Crippen LogP contribution in [0.3, 0.4) is 0 Å². The summed E-state index contributed by atoms with van der Waals surface area (Å²) < 4.78 is 5.42. The Balaban J connectivity index is 2.09. The highest BCUT2D eigenvalue weighted by atomic mass is 16.6. The van der Waals surface area contributed by atoms with Gasteiger partial charge < -0.3 is 9.84 Å². The van der Waals surface area contributed by atoms with Crippen molar-refractivity contribution < 1.29 is 19.4 Å². The van der Waals surface area contributed by atoms with E-state index in [2.05, 4.69) is 6.58 Å². The number of hydrogen-bond acceptors (Lipinski definition) is 4. The van der Waals surface area contributed by atoms with E-state index in [4.69, 9.17) is 4.74 Å². The number of esters is 1. The molecular formula is C15H16O4. The van der Waals surface area contributed by atoms with Gasteiger partial charge in [0.05, 0.1) is 6.61 Å². The zero-order chi connectivity index (χ0) is 13.7. The van der Waals surface area contributed by atoms with E-state index in [-0.39, 0.29) is 36.3 Å². The summed E-state index contributed by atoms with van der Waals surface area (Å²) >= 11 is 0. The lowest BCUT2D eigenvalue weighted by molar-refractivity contribution is -0.140. The maximum atomic E-state index is 12.1. The predicted molar refractivity (Wildman–Crippen MR) is 68.1 cm³/mol. The van der Waals surface area contributed by atoms with Crippen LogP contribution in [0.4, 0.5) is 0 Å². The molecule has 1 heterocycles. The topological polar surface area (TPSA) is 63.6 Å². The Labute approximate surface area is 111 Å². The molecule has 0 bridgehead atoms. The Morgan fingerprint density at radius 2 is 2.21 bits per heavy atom. The van der Waals surface area contributed by atoms with Crippen molar-refractivity contribution in [1.29, 1.82) is 0 Å². The first kappa shape index (κ1) is 12.4. The summed E-state index contributed by atoms with van der Waals surface area (Å²) in [5.41, 5.74) is 2.89. The highest BCUT2D eigenvalue weighted by molar-refractivity contribution is 6.09. The molecule has 0 aromatic carbocycles. The van der Waals surface area contributed by atoms with Gasteiger partial charge in [-0.1, -0.05) is 12.2 Å². The van der Waals surface area contributed by atoms with Crippen molar-refractivity contribution in [3.8, 4) is 0 Å². The van der Waals surface area contributed by atoms with E-state index in [1.54, 1.807) is 0 Å². The maximum absolute atomic E-state index is 12.1. The number of fused-ring (bicyclic) bond motifs is 3. The molecule has 19 heavy (non-hydrogen) atoms. The molecule has 1 saturated heterocycles. The number of aliphatic hydroxyl groups is 1. The summed E-state index contributed by atoms with van der Waals surface area (Å²) in [4.78, 5) is 23.8. The zero-order valence-electron chi connectivity index (χ0n) is 10.8. The zero-order valence-corrected chi connectivity index (χ0v) is 10.8. The number of allylic oxidation sites excluding steroid dienone is 2. The van der Waals surface area contributed by atoms with Crippen molar-refractivity contribution in [2.24, 2.45) is 11.8 Å². The van der Waals surface area contributed by atoms with Crippen molar-refractivity contribution >= 4 is 11.8 Å². The molecule has 3 aliphatic rings. The first-order chi connectivity index (χ1) is 9.04. The molecule has 0 aromatic heterocycles. The van der Waals surface area contributed by atoms with Gasteiger partial charge in [0.25, 0.3) is 0 Å². The first-order valence-corrected chi connectivity index (χ1v) is 6.49. The van der Waals surface area contributed by atoms with Gasteiger partial charge in [0.1, 0.15) is 6.10 Å². The van der Waals surface area contributed by atoms with Crippen molar-refractivity contribution in [3.05, 3.63) is 34.9 Å². The number of aliphatic hydroxyl groups excluding tert-OH is 1. The molecule has 0 radical (unpaired) electrons. The van der Waals surface area contributed by atoms with E-state index in [0.29, 0.717) is 16.7 Å². The van der Waals surface area contributed by atoms with E-state index < -0.39 is 0 Å². The van der Waals surface area contributed by atoms with Gasteiger partial charge in [0, 0.05) is 23.0 Å². The predicted octanol–water partition coefficient (Wildman–Crippen LogP) is 1.31. The minimum Gasteiger partial charge on any atom is -0.457 e. The molecule has 4 heteroatoms. The molecule has 100 valence electrons. The van der Waals surface area contributed by atoms with Crippen LogP contribution >= 0.6 is 0 Å². The van der Waals surface area contributed by atoms with Crippen LogP contribution in [-0.2, 0) is 14.3 Å². The van der Waals surface area contributed by atoms with Gasteiger partial charge in [-0.05, 0) is 31.4 Å². The van der Waals surface area contributed by atoms with E-state index in [0.717, 1.165) is 18.4 Å². The molecule has 1 aliphatic heterocycles. The second-order valence-electron chi connectivity index (χ2n) is 5.45. The van der Waals surface area contributed by atoms with Crippen molar-refractivity contribution in [2.45, 2.75) is 25.9 Å². The standard InChI is InChI=1S/C15H16O4/c1-7-3-4-10-8(2)15(18)19-14(10)13-9(6-16)5-11(17)12(7)13/h5,10,13-14,16H,2-4,6H2,1H3/t10?,13-,14-/m0/s1. The van der Waals surface area contributed by atoms with E-state index in [1.807, 2.05) is 6.92 Å². The fourth-order valence-electron chi connectivity index (χ4n) is 3.45. The monoisotopic (exact) mass is 260 g/mol. The van der Waals surface area contributed by atoms with Crippen LogP contribution in [-0.4, -0.2) is 29.6 Å². The molecule has 0 amide bonds. The Bertz CT molecular complexity index is 552. The van der Waals surface area contributed by atoms with Crippen LogP contribution < -0.4 is 0 Å². The molecule has 1 N–H and O–H groups in total. The fourth-order valence-corrected chi connectivity index (χ4v) is 3.45. The van der Waals surface area contributed by atoms with Gasteiger partial charge in [-0.25, -0.2) is 4.79 Å². The number of carbonyl (C=O) groups is 2. The number of hydrogen-bond donors (Lipinski definition) is 1. The summed E-state index contributed by atoms with van der Waals surface area (Å²) in [6.45, 7) is 5.57. The minimum absolute atomic E-state index is 0.0502. The van der Waals surface area contributed by atoms with Crippen molar-refractivity contribution in [3.63, 3.8) is 0 Å². The molecule has 1 unspecified atom stereocenters. The van der Waals surface area contributed by atoms with Crippen LogP contribution in [0.2, 0.25) is 0 Å². The Kier molecular flexibility index (Phi) is 2.71. The highest BCUT2D eigenvalue weighted by Gasteiger charge is 2.49. The molecule has 2 aliphatic carbocycles. The third-order valence-electron chi connectivity index (χ3n) is 4.44. The quantitative estimate of drug-likeness (QED) is 0.570. The average molecular weight is 260 g/mol. The third-order valence-corrected chi connectivity index (χ3v) is 4.44. The molecule has 4 nitrogen and oxygen atoms in total. The SMILES string of the molecule is C=C1C(=O)O[C@H]2C1CCC(C)=C1C(=O)C=C(CO)[C@@H]12. The molecule has 1 fully saturated rings. The molecule has 3 atom stereocenters. The van der Waals surface area contributed by atoms with E-state index in [1.165, 1.54) is 6.08 Å². The van der Waals surface area contributed by atoms with Gasteiger partial charge in [-0.3, -0.25) is 4.79 Å². The minimum atomic E-state index is -0.378. The third kappa shape index (κ3) is 1.63. The largest absolute Gasteiger partial charge is 0.457 e. The van der Waals surface area contributed by atoms with Gasteiger partial charge in [0.2, 0.25) is 0 Å². The smallest absolute Gasteiger partial charge is 0.334 e. The second kappa shape index (κ2) is 4.17. The highest BCUT2D eigenvalue weighted by Crippen LogP contribution is 2.47. The Morgan fingerprint density at radius 3 is 2.89 bits per heavy atom. The van der Waals surface area contributed by atoms with Crippen LogP contribution in [0.5, 0.6) is 0 Å². The maximum Gasteiger partial charge on any atom is 0.334 e. The van der Waals surface area contributed by atoms with Gasteiger partial charge >= 0.3 is 5.97 Å². The fraction of sp³-hybridized carbons (Fsp3) is 0.467. The molecule has 0 aromatic rings. The summed E-state index contributed by atoms with van der Waals surface area (Å²) in [5, 5.41) is 9.45. The molecular weight excluding hydrogens is 244 g/mol. The summed E-state index contributed by atoms with van der Waals surface area (Å²) in [6, 6.07) is 0. The molecule has 0 saturated carbocycles. The van der Waals surface area contributed by atoms with Crippen LogP contribution in [0.25, 0.3) is 0 Å². The van der Waals surface area contributed by atoms with Crippen LogP contribution in [0, 0.1) is 11.8 Å². The lowest BCUT2D eigenvalue weighted by atomic mass is 9.83. The Hall–Kier alpha value is -1.68. The molecule has 3 rings (SSSR count). The first-order valence-electron chi connectivity index (χ1n) is 6.49. The molecule has 0 spiro atoms. The number of rotatable bonds is 1. The summed E-state index contributed by atoms with van der Waals surface area (Å²) in [6.07, 6.45) is 2.65. The van der Waals surface area contributed by atoms with Crippen LogP contribution in [0.1, 0.15) is 19.8 Å².